The topological polar surface area (TPSA) is 35.2 Å². The highest BCUT2D eigenvalue weighted by atomic mass is 16.5. The lowest BCUT2D eigenvalue weighted by molar-refractivity contribution is 0.0280. The lowest BCUT2D eigenvalue weighted by Crippen LogP contribution is -2.40. The predicted molar refractivity (Wildman–Crippen MR) is 55.5 cm³/mol. The van der Waals surface area contributed by atoms with E-state index in [9.17, 15) is 0 Å². The van der Waals surface area contributed by atoms with Crippen molar-refractivity contribution in [3.63, 3.8) is 0 Å². The molecule has 2 heteroatoms. The first kappa shape index (κ1) is 10.7. The molecule has 2 atom stereocenters. The molecule has 1 saturated carbocycles. The third-order valence-corrected chi connectivity index (χ3v) is 3.04. The molecule has 0 aromatic rings. The van der Waals surface area contributed by atoms with Gasteiger partial charge in [0.05, 0.1) is 6.10 Å². The number of methoxy groups -OCH3 is 1. The monoisotopic (exact) mass is 183 g/mol. The van der Waals surface area contributed by atoms with Gasteiger partial charge in [0.1, 0.15) is 0 Å². The van der Waals surface area contributed by atoms with E-state index >= 15 is 0 Å². The Hall–Kier alpha value is -0.340. The summed E-state index contributed by atoms with van der Waals surface area (Å²) in [6.45, 7) is 3.72. The number of nitrogens with two attached hydrogens (primary N) is 1. The van der Waals surface area contributed by atoms with Crippen molar-refractivity contribution in [1.29, 1.82) is 0 Å². The van der Waals surface area contributed by atoms with E-state index in [1.54, 1.807) is 13.2 Å². The smallest absolute Gasteiger partial charge is 0.0785 e. The molecule has 0 spiro atoms. The highest BCUT2D eigenvalue weighted by Crippen LogP contribution is 2.28. The van der Waals surface area contributed by atoms with Gasteiger partial charge in [0.2, 0.25) is 0 Å². The summed E-state index contributed by atoms with van der Waals surface area (Å²) in [6, 6.07) is -0.00639. The maximum absolute atomic E-state index is 5.92. The summed E-state index contributed by atoms with van der Waals surface area (Å²) < 4.78 is 5.45. The summed E-state index contributed by atoms with van der Waals surface area (Å²) in [5, 5.41) is 0. The Morgan fingerprint density at radius 3 is 2.46 bits per heavy atom. The molecular weight excluding hydrogens is 162 g/mol. The molecule has 0 aromatic carbocycles. The van der Waals surface area contributed by atoms with Crippen molar-refractivity contribution in [3.05, 3.63) is 12.7 Å². The quantitative estimate of drug-likeness (QED) is 0.677. The van der Waals surface area contributed by atoms with Gasteiger partial charge in [-0.1, -0.05) is 25.3 Å². The van der Waals surface area contributed by atoms with Gasteiger partial charge < -0.3 is 10.5 Å². The molecule has 1 aliphatic carbocycles. The van der Waals surface area contributed by atoms with Crippen LogP contribution in [0.2, 0.25) is 0 Å². The van der Waals surface area contributed by atoms with Crippen molar-refractivity contribution >= 4 is 0 Å². The second kappa shape index (κ2) is 5.40. The number of rotatable bonds is 4. The molecule has 1 rings (SSSR count). The SMILES string of the molecule is C=CC(N)C(OC)C1CCCCC1. The van der Waals surface area contributed by atoms with Gasteiger partial charge >= 0.3 is 0 Å². The zero-order valence-electron chi connectivity index (χ0n) is 8.54. The summed E-state index contributed by atoms with van der Waals surface area (Å²) in [5.41, 5.74) is 5.92. The fraction of sp³-hybridized carbons (Fsp3) is 0.818. The van der Waals surface area contributed by atoms with Gasteiger partial charge in [-0.3, -0.25) is 0 Å². The zero-order valence-corrected chi connectivity index (χ0v) is 8.54. The minimum Gasteiger partial charge on any atom is -0.379 e. The standard InChI is InChI=1S/C11H21NO/c1-3-10(12)11(13-2)9-7-5-4-6-8-9/h3,9-11H,1,4-8,12H2,2H3. The van der Waals surface area contributed by atoms with Crippen LogP contribution in [0.5, 0.6) is 0 Å². The largest absolute Gasteiger partial charge is 0.379 e. The fourth-order valence-electron chi connectivity index (χ4n) is 2.26. The van der Waals surface area contributed by atoms with E-state index in [0.29, 0.717) is 5.92 Å². The molecule has 2 unspecified atom stereocenters. The average Bonchev–Trinajstić information content (AvgIpc) is 2.20. The number of hydrogen-bond donors (Lipinski definition) is 1. The van der Waals surface area contributed by atoms with Crippen molar-refractivity contribution < 1.29 is 4.74 Å². The third-order valence-electron chi connectivity index (χ3n) is 3.04. The second-order valence-electron chi connectivity index (χ2n) is 3.91. The summed E-state index contributed by atoms with van der Waals surface area (Å²) >= 11 is 0. The van der Waals surface area contributed by atoms with E-state index in [1.807, 2.05) is 0 Å². The van der Waals surface area contributed by atoms with Crippen molar-refractivity contribution in [2.45, 2.75) is 44.2 Å². The Kier molecular flexibility index (Phi) is 4.46. The van der Waals surface area contributed by atoms with Crippen LogP contribution >= 0.6 is 0 Å². The number of hydrogen-bond acceptors (Lipinski definition) is 2. The molecule has 0 bridgehead atoms. The van der Waals surface area contributed by atoms with Crippen LogP contribution in [-0.4, -0.2) is 19.3 Å². The van der Waals surface area contributed by atoms with Crippen molar-refractivity contribution in [2.75, 3.05) is 7.11 Å². The maximum Gasteiger partial charge on any atom is 0.0785 e. The Labute approximate surface area is 81.1 Å². The Bertz CT molecular complexity index is 152. The van der Waals surface area contributed by atoms with Crippen LogP contribution in [0, 0.1) is 5.92 Å². The van der Waals surface area contributed by atoms with Crippen LogP contribution in [0.1, 0.15) is 32.1 Å². The first-order valence-corrected chi connectivity index (χ1v) is 5.20. The molecule has 0 aliphatic heterocycles. The molecule has 13 heavy (non-hydrogen) atoms. The van der Waals surface area contributed by atoms with Crippen LogP contribution in [0.4, 0.5) is 0 Å². The average molecular weight is 183 g/mol. The minimum absolute atomic E-state index is 0.00639. The van der Waals surface area contributed by atoms with Gasteiger partial charge in [0.15, 0.2) is 0 Å². The van der Waals surface area contributed by atoms with Crippen LogP contribution < -0.4 is 5.73 Å². The Morgan fingerprint density at radius 1 is 1.38 bits per heavy atom. The maximum atomic E-state index is 5.92. The van der Waals surface area contributed by atoms with E-state index in [2.05, 4.69) is 6.58 Å². The molecule has 0 saturated heterocycles. The number of ether oxygens (including phenoxy) is 1. The Morgan fingerprint density at radius 2 is 2.00 bits per heavy atom. The molecule has 0 amide bonds. The second-order valence-corrected chi connectivity index (χ2v) is 3.91. The normalized spacial score (nSPS) is 23.8. The van der Waals surface area contributed by atoms with E-state index in [0.717, 1.165) is 0 Å². The van der Waals surface area contributed by atoms with Gasteiger partial charge in [-0.2, -0.15) is 0 Å². The van der Waals surface area contributed by atoms with Crippen LogP contribution in [0.25, 0.3) is 0 Å². The molecule has 0 radical (unpaired) electrons. The fourth-order valence-corrected chi connectivity index (χ4v) is 2.26. The third kappa shape index (κ3) is 2.82. The van der Waals surface area contributed by atoms with Crippen molar-refractivity contribution in [3.8, 4) is 0 Å². The first-order valence-electron chi connectivity index (χ1n) is 5.20. The van der Waals surface area contributed by atoms with Gasteiger partial charge in [-0.25, -0.2) is 0 Å². The molecule has 1 fully saturated rings. The highest BCUT2D eigenvalue weighted by Gasteiger charge is 2.26. The summed E-state index contributed by atoms with van der Waals surface area (Å²) in [7, 11) is 1.75. The van der Waals surface area contributed by atoms with Crippen LogP contribution in [-0.2, 0) is 4.74 Å². The molecule has 2 N–H and O–H groups in total. The highest BCUT2D eigenvalue weighted by molar-refractivity contribution is 4.93. The van der Waals surface area contributed by atoms with Gasteiger partial charge in [0, 0.05) is 13.2 Å². The molecule has 76 valence electrons. The Balaban J connectivity index is 2.48. The molecule has 1 aliphatic rings. The minimum atomic E-state index is -0.00639. The van der Waals surface area contributed by atoms with Crippen molar-refractivity contribution in [2.24, 2.45) is 11.7 Å². The van der Waals surface area contributed by atoms with Gasteiger partial charge in [0.25, 0.3) is 0 Å². The molecule has 2 nitrogen and oxygen atoms in total. The lowest BCUT2D eigenvalue weighted by Gasteiger charge is -2.31. The van der Waals surface area contributed by atoms with E-state index in [4.69, 9.17) is 10.5 Å². The summed E-state index contributed by atoms with van der Waals surface area (Å²) in [5.74, 6) is 0.645. The first-order chi connectivity index (χ1) is 6.29. The van der Waals surface area contributed by atoms with E-state index < -0.39 is 0 Å². The van der Waals surface area contributed by atoms with E-state index in [1.165, 1.54) is 32.1 Å². The van der Waals surface area contributed by atoms with Gasteiger partial charge in [-0.15, -0.1) is 6.58 Å². The summed E-state index contributed by atoms with van der Waals surface area (Å²) in [4.78, 5) is 0. The predicted octanol–water partition coefficient (Wildman–Crippen LogP) is 2.09. The van der Waals surface area contributed by atoms with Crippen LogP contribution in [0.15, 0.2) is 12.7 Å². The van der Waals surface area contributed by atoms with Gasteiger partial charge in [-0.05, 0) is 18.8 Å². The zero-order chi connectivity index (χ0) is 9.68. The van der Waals surface area contributed by atoms with Crippen molar-refractivity contribution in [1.82, 2.24) is 0 Å². The molecule has 0 heterocycles. The molecule has 0 aromatic heterocycles. The van der Waals surface area contributed by atoms with Crippen LogP contribution in [0.3, 0.4) is 0 Å². The van der Waals surface area contributed by atoms with E-state index in [-0.39, 0.29) is 12.1 Å². The lowest BCUT2D eigenvalue weighted by atomic mass is 9.83. The summed E-state index contributed by atoms with van der Waals surface area (Å²) in [6.07, 6.45) is 8.53. The molecular formula is C11H21NO.